The molecular weight excluding hydrogens is 384 g/mol. The number of aliphatic hydroxyl groups is 1. The molecule has 0 aromatic heterocycles. The number of esters is 1. The third kappa shape index (κ3) is 6.69. The fourth-order valence-electron chi connectivity index (χ4n) is 4.43. The standard InChI is InChI=1S/C23H36N2O5/c1-3-5-11-21(28)30-16-19-10-8-14-25(19)22(29)18(9-4-2)15-20(27)24-23(17-26)12-6-7-13-23/h3-4,18-19,26H,1-2,5-17H2,(H,24,27)/t18-,19+/m1/s1. The molecular formula is C23H36N2O5. The highest BCUT2D eigenvalue weighted by molar-refractivity contribution is 5.86. The molecule has 0 aromatic carbocycles. The third-order valence-corrected chi connectivity index (χ3v) is 6.15. The van der Waals surface area contributed by atoms with E-state index in [1.54, 1.807) is 17.1 Å². The lowest BCUT2D eigenvalue weighted by Gasteiger charge is -2.31. The molecule has 2 fully saturated rings. The Morgan fingerprint density at radius 2 is 1.93 bits per heavy atom. The van der Waals surface area contributed by atoms with Crippen molar-refractivity contribution >= 4 is 17.8 Å². The number of carbonyl (C=O) groups is 3. The second-order valence-corrected chi connectivity index (χ2v) is 8.46. The molecule has 168 valence electrons. The number of hydrogen-bond donors (Lipinski definition) is 2. The molecule has 0 radical (unpaired) electrons. The monoisotopic (exact) mass is 420 g/mol. The summed E-state index contributed by atoms with van der Waals surface area (Å²) in [5, 5.41) is 12.7. The van der Waals surface area contributed by atoms with Gasteiger partial charge in [0.1, 0.15) is 6.61 Å². The zero-order valence-electron chi connectivity index (χ0n) is 17.9. The number of carbonyl (C=O) groups excluding carboxylic acids is 3. The van der Waals surface area contributed by atoms with Crippen molar-refractivity contribution in [2.75, 3.05) is 19.8 Å². The van der Waals surface area contributed by atoms with Gasteiger partial charge >= 0.3 is 5.97 Å². The summed E-state index contributed by atoms with van der Waals surface area (Å²) >= 11 is 0. The van der Waals surface area contributed by atoms with E-state index in [1.165, 1.54) is 0 Å². The minimum Gasteiger partial charge on any atom is -0.463 e. The summed E-state index contributed by atoms with van der Waals surface area (Å²) in [4.78, 5) is 39.4. The largest absolute Gasteiger partial charge is 0.463 e. The molecule has 2 rings (SSSR count). The van der Waals surface area contributed by atoms with Crippen LogP contribution in [0.25, 0.3) is 0 Å². The van der Waals surface area contributed by atoms with Gasteiger partial charge in [-0.1, -0.05) is 25.0 Å². The SMILES string of the molecule is C=CCCC(=O)OC[C@@H]1CCCN1C(=O)[C@H](CC=C)CC(=O)NC1(CO)CCCC1. The van der Waals surface area contributed by atoms with Crippen LogP contribution in [0.4, 0.5) is 0 Å². The molecule has 2 N–H and O–H groups in total. The Labute approximate surface area is 179 Å². The van der Waals surface area contributed by atoms with Crippen molar-refractivity contribution in [1.29, 1.82) is 0 Å². The predicted octanol–water partition coefficient (Wildman–Crippen LogP) is 2.49. The highest BCUT2D eigenvalue weighted by atomic mass is 16.5. The van der Waals surface area contributed by atoms with Crippen LogP contribution in [-0.4, -0.2) is 59.1 Å². The van der Waals surface area contributed by atoms with Crippen LogP contribution in [0, 0.1) is 5.92 Å². The first-order chi connectivity index (χ1) is 14.4. The molecule has 1 saturated carbocycles. The topological polar surface area (TPSA) is 95.9 Å². The average Bonchev–Trinajstić information content (AvgIpc) is 3.39. The van der Waals surface area contributed by atoms with Crippen LogP contribution in [0.3, 0.4) is 0 Å². The molecule has 0 unspecified atom stereocenters. The Kier molecular flexibility index (Phi) is 9.56. The molecule has 30 heavy (non-hydrogen) atoms. The van der Waals surface area contributed by atoms with Gasteiger partial charge in [-0.25, -0.2) is 0 Å². The molecule has 1 aliphatic heterocycles. The van der Waals surface area contributed by atoms with Crippen molar-refractivity contribution in [3.63, 3.8) is 0 Å². The number of allylic oxidation sites excluding steroid dienone is 2. The zero-order chi connectivity index (χ0) is 22.0. The van der Waals surface area contributed by atoms with Gasteiger partial charge in [-0.15, -0.1) is 13.2 Å². The average molecular weight is 421 g/mol. The number of hydrogen-bond acceptors (Lipinski definition) is 5. The Morgan fingerprint density at radius 1 is 1.20 bits per heavy atom. The lowest BCUT2D eigenvalue weighted by atomic mass is 9.95. The van der Waals surface area contributed by atoms with Gasteiger partial charge in [-0.05, 0) is 38.5 Å². The first-order valence-electron chi connectivity index (χ1n) is 11.0. The second-order valence-electron chi connectivity index (χ2n) is 8.46. The molecule has 1 aliphatic carbocycles. The lowest BCUT2D eigenvalue weighted by molar-refractivity contribution is -0.148. The molecule has 1 heterocycles. The fraction of sp³-hybridized carbons (Fsp3) is 0.696. The van der Waals surface area contributed by atoms with Crippen molar-refractivity contribution in [2.45, 2.75) is 75.8 Å². The van der Waals surface area contributed by atoms with Crippen molar-refractivity contribution in [3.05, 3.63) is 25.3 Å². The van der Waals surface area contributed by atoms with Gasteiger partial charge in [-0.2, -0.15) is 0 Å². The fourth-order valence-corrected chi connectivity index (χ4v) is 4.43. The van der Waals surface area contributed by atoms with Gasteiger partial charge in [-0.3, -0.25) is 14.4 Å². The molecule has 2 atom stereocenters. The van der Waals surface area contributed by atoms with Crippen LogP contribution in [0.15, 0.2) is 25.3 Å². The van der Waals surface area contributed by atoms with Crippen LogP contribution in [-0.2, 0) is 19.1 Å². The summed E-state index contributed by atoms with van der Waals surface area (Å²) in [5.74, 6) is -1.10. The highest BCUT2D eigenvalue weighted by Gasteiger charge is 2.37. The molecule has 1 saturated heterocycles. The minimum absolute atomic E-state index is 0.0644. The van der Waals surface area contributed by atoms with E-state index in [1.807, 2.05) is 0 Å². The van der Waals surface area contributed by atoms with E-state index in [2.05, 4.69) is 18.5 Å². The van der Waals surface area contributed by atoms with Crippen LogP contribution >= 0.6 is 0 Å². The van der Waals surface area contributed by atoms with Crippen LogP contribution in [0.2, 0.25) is 0 Å². The summed E-state index contributed by atoms with van der Waals surface area (Å²) in [6, 6.07) is -0.154. The van der Waals surface area contributed by atoms with Crippen molar-refractivity contribution < 1.29 is 24.2 Å². The molecule has 0 spiro atoms. The number of rotatable bonds is 12. The van der Waals surface area contributed by atoms with E-state index in [0.29, 0.717) is 19.4 Å². The van der Waals surface area contributed by atoms with Gasteiger partial charge in [0, 0.05) is 19.4 Å². The van der Waals surface area contributed by atoms with Crippen LogP contribution in [0.1, 0.15) is 64.2 Å². The van der Waals surface area contributed by atoms with Crippen LogP contribution in [0.5, 0.6) is 0 Å². The smallest absolute Gasteiger partial charge is 0.306 e. The number of nitrogens with zero attached hydrogens (tertiary/aromatic N) is 1. The third-order valence-electron chi connectivity index (χ3n) is 6.15. The Balaban J connectivity index is 1.94. The normalized spacial score (nSPS) is 21.1. The molecule has 7 nitrogen and oxygen atoms in total. The summed E-state index contributed by atoms with van der Waals surface area (Å²) in [6.07, 6.45) is 9.78. The Hall–Kier alpha value is -2.15. The van der Waals surface area contributed by atoms with Crippen molar-refractivity contribution in [2.24, 2.45) is 5.92 Å². The van der Waals surface area contributed by atoms with Crippen molar-refractivity contribution in [3.8, 4) is 0 Å². The molecule has 2 amide bonds. The predicted molar refractivity (Wildman–Crippen MR) is 114 cm³/mol. The first kappa shape index (κ1) is 24.1. The molecule has 2 aliphatic rings. The van der Waals surface area contributed by atoms with E-state index in [-0.39, 0.29) is 49.9 Å². The lowest BCUT2D eigenvalue weighted by Crippen LogP contribution is -2.50. The molecule has 0 aromatic rings. The van der Waals surface area contributed by atoms with Gasteiger partial charge < -0.3 is 20.1 Å². The van der Waals surface area contributed by atoms with E-state index < -0.39 is 11.5 Å². The summed E-state index contributed by atoms with van der Waals surface area (Å²) in [6.45, 7) is 8.03. The maximum atomic E-state index is 13.2. The number of ether oxygens (including phenoxy) is 1. The summed E-state index contributed by atoms with van der Waals surface area (Å²) < 4.78 is 5.34. The summed E-state index contributed by atoms with van der Waals surface area (Å²) in [7, 11) is 0. The van der Waals surface area contributed by atoms with Gasteiger partial charge in [0.2, 0.25) is 11.8 Å². The maximum absolute atomic E-state index is 13.2. The van der Waals surface area contributed by atoms with Crippen LogP contribution < -0.4 is 5.32 Å². The number of amides is 2. The van der Waals surface area contributed by atoms with E-state index in [4.69, 9.17) is 4.74 Å². The quantitative estimate of drug-likeness (QED) is 0.374. The van der Waals surface area contributed by atoms with Gasteiger partial charge in [0.15, 0.2) is 0 Å². The number of nitrogens with one attached hydrogen (secondary N) is 1. The number of likely N-dealkylation sites (tertiary alicyclic amines) is 1. The highest BCUT2D eigenvalue weighted by Crippen LogP contribution is 2.30. The van der Waals surface area contributed by atoms with E-state index >= 15 is 0 Å². The molecule has 0 bridgehead atoms. The van der Waals surface area contributed by atoms with Crippen molar-refractivity contribution in [1.82, 2.24) is 10.2 Å². The zero-order valence-corrected chi connectivity index (χ0v) is 17.9. The minimum atomic E-state index is -0.547. The Morgan fingerprint density at radius 3 is 2.57 bits per heavy atom. The first-order valence-corrected chi connectivity index (χ1v) is 11.0. The van der Waals surface area contributed by atoms with Gasteiger partial charge in [0.25, 0.3) is 0 Å². The van der Waals surface area contributed by atoms with E-state index in [0.717, 1.165) is 38.5 Å². The van der Waals surface area contributed by atoms with Gasteiger partial charge in [0.05, 0.1) is 24.1 Å². The summed E-state index contributed by atoms with van der Waals surface area (Å²) in [5.41, 5.74) is -0.547. The Bertz CT molecular complexity index is 627. The second kappa shape index (κ2) is 11.9. The maximum Gasteiger partial charge on any atom is 0.306 e. The van der Waals surface area contributed by atoms with E-state index in [9.17, 15) is 19.5 Å². The number of aliphatic hydroxyl groups excluding tert-OH is 1. The molecule has 7 heteroatoms.